The first-order valence-electron chi connectivity index (χ1n) is 6.74. The largest absolute Gasteiger partial charge is 0.363 e. The molecule has 0 radical (unpaired) electrons. The van der Waals surface area contributed by atoms with E-state index in [2.05, 4.69) is 0 Å². The van der Waals surface area contributed by atoms with Crippen molar-refractivity contribution < 1.29 is 8.78 Å². The molecule has 0 aliphatic carbocycles. The average molecular weight is 311 g/mol. The zero-order valence-electron chi connectivity index (χ0n) is 11.7. The maximum absolute atomic E-state index is 13.3. The minimum Gasteiger partial charge on any atom is -0.363 e. The zero-order valence-corrected chi connectivity index (χ0v) is 12.4. The average Bonchev–Trinajstić information content (AvgIpc) is 2.49. The lowest BCUT2D eigenvalue weighted by molar-refractivity contribution is 0.614. The van der Waals surface area contributed by atoms with E-state index in [1.54, 1.807) is 24.3 Å². The molecule has 0 bridgehead atoms. The molecule has 2 rings (SSSR count). The number of hydrogen-bond acceptors (Lipinski definition) is 2. The van der Waals surface area contributed by atoms with E-state index in [1.807, 2.05) is 11.8 Å². The Labute approximate surface area is 128 Å². The lowest BCUT2D eigenvalue weighted by Gasteiger charge is -2.32. The molecule has 2 N–H and O–H groups in total. The van der Waals surface area contributed by atoms with Gasteiger partial charge in [-0.2, -0.15) is 0 Å². The topological polar surface area (TPSA) is 29.3 Å². The summed E-state index contributed by atoms with van der Waals surface area (Å²) in [6.07, 6.45) is 0. The molecular formula is C16H17ClF2N2. The highest BCUT2D eigenvalue weighted by Crippen LogP contribution is 2.28. The van der Waals surface area contributed by atoms with Crippen molar-refractivity contribution >= 4 is 17.3 Å². The van der Waals surface area contributed by atoms with Crippen molar-refractivity contribution in [1.29, 1.82) is 0 Å². The predicted octanol–water partition coefficient (Wildman–Crippen LogP) is 4.14. The van der Waals surface area contributed by atoms with Crippen LogP contribution in [0.4, 0.5) is 14.5 Å². The van der Waals surface area contributed by atoms with Crippen LogP contribution >= 0.6 is 11.6 Å². The number of benzene rings is 2. The second kappa shape index (κ2) is 6.87. The first-order valence-corrected chi connectivity index (χ1v) is 7.11. The maximum Gasteiger partial charge on any atom is 0.141 e. The van der Waals surface area contributed by atoms with Crippen LogP contribution in [0.2, 0.25) is 5.02 Å². The molecule has 2 nitrogen and oxygen atoms in total. The van der Waals surface area contributed by atoms with Crippen molar-refractivity contribution in [3.63, 3.8) is 0 Å². The quantitative estimate of drug-likeness (QED) is 0.899. The lowest BCUT2D eigenvalue weighted by atomic mass is 10.0. The van der Waals surface area contributed by atoms with E-state index in [0.717, 1.165) is 11.3 Å². The van der Waals surface area contributed by atoms with Crippen LogP contribution in [0.3, 0.4) is 0 Å². The van der Waals surface area contributed by atoms with Crippen LogP contribution in [0.25, 0.3) is 0 Å². The molecule has 1 unspecified atom stereocenters. The van der Waals surface area contributed by atoms with Crippen molar-refractivity contribution in [2.45, 2.75) is 13.0 Å². The summed E-state index contributed by atoms with van der Waals surface area (Å²) in [5, 5.41) is 0.0705. The fourth-order valence-corrected chi connectivity index (χ4v) is 2.57. The van der Waals surface area contributed by atoms with Gasteiger partial charge in [0.15, 0.2) is 0 Å². The van der Waals surface area contributed by atoms with E-state index in [1.165, 1.54) is 18.2 Å². The molecule has 1 atom stereocenters. The zero-order chi connectivity index (χ0) is 15.4. The number of halogens is 3. The molecule has 0 saturated carbocycles. The fraction of sp³-hybridized carbons (Fsp3) is 0.250. The Morgan fingerprint density at radius 1 is 1.14 bits per heavy atom. The van der Waals surface area contributed by atoms with Crippen LogP contribution in [0.5, 0.6) is 0 Å². The van der Waals surface area contributed by atoms with Gasteiger partial charge in [0, 0.05) is 18.8 Å². The molecule has 2 aromatic rings. The summed E-state index contributed by atoms with van der Waals surface area (Å²) in [7, 11) is 0. The lowest BCUT2D eigenvalue weighted by Crippen LogP contribution is -2.33. The third-order valence-corrected chi connectivity index (χ3v) is 3.72. The fourth-order valence-electron chi connectivity index (χ4n) is 2.38. The Morgan fingerprint density at radius 2 is 1.81 bits per heavy atom. The SMILES string of the molecule is CCN(c1ccc(F)cc1)C(CN)c1ccc(F)c(Cl)c1. The van der Waals surface area contributed by atoms with Crippen LogP contribution in [0.1, 0.15) is 18.5 Å². The molecular weight excluding hydrogens is 294 g/mol. The molecule has 0 fully saturated rings. The highest BCUT2D eigenvalue weighted by Gasteiger charge is 2.19. The van der Waals surface area contributed by atoms with Gasteiger partial charge in [0.25, 0.3) is 0 Å². The Bertz CT molecular complexity index is 602. The molecule has 0 saturated heterocycles. The monoisotopic (exact) mass is 310 g/mol. The Hall–Kier alpha value is -1.65. The highest BCUT2D eigenvalue weighted by atomic mass is 35.5. The van der Waals surface area contributed by atoms with Crippen LogP contribution in [-0.4, -0.2) is 13.1 Å². The van der Waals surface area contributed by atoms with Crippen molar-refractivity contribution in [1.82, 2.24) is 0 Å². The van der Waals surface area contributed by atoms with Gasteiger partial charge in [-0.1, -0.05) is 17.7 Å². The second-order valence-corrected chi connectivity index (χ2v) is 5.09. The second-order valence-electron chi connectivity index (χ2n) is 4.69. The molecule has 112 valence electrons. The van der Waals surface area contributed by atoms with Crippen LogP contribution in [0, 0.1) is 11.6 Å². The van der Waals surface area contributed by atoms with Gasteiger partial charge in [0.05, 0.1) is 11.1 Å². The van der Waals surface area contributed by atoms with Gasteiger partial charge in [-0.3, -0.25) is 0 Å². The molecule has 0 aromatic heterocycles. The van der Waals surface area contributed by atoms with E-state index >= 15 is 0 Å². The highest BCUT2D eigenvalue weighted by molar-refractivity contribution is 6.30. The summed E-state index contributed by atoms with van der Waals surface area (Å²) in [6, 6.07) is 10.6. The van der Waals surface area contributed by atoms with Crippen LogP contribution < -0.4 is 10.6 Å². The van der Waals surface area contributed by atoms with Crippen molar-refractivity contribution in [2.75, 3.05) is 18.0 Å². The van der Waals surface area contributed by atoms with Gasteiger partial charge in [0.2, 0.25) is 0 Å². The molecule has 5 heteroatoms. The minimum absolute atomic E-state index is 0.0705. The standard InChI is InChI=1S/C16H17ClF2N2/c1-2-21(13-6-4-12(18)5-7-13)16(10-20)11-3-8-15(19)14(17)9-11/h3-9,16H,2,10,20H2,1H3. The molecule has 2 aromatic carbocycles. The van der Waals surface area contributed by atoms with Crippen molar-refractivity contribution in [2.24, 2.45) is 5.73 Å². The summed E-state index contributed by atoms with van der Waals surface area (Å²) >= 11 is 5.85. The predicted molar refractivity (Wildman–Crippen MR) is 82.6 cm³/mol. The van der Waals surface area contributed by atoms with E-state index in [0.29, 0.717) is 13.1 Å². The van der Waals surface area contributed by atoms with E-state index < -0.39 is 5.82 Å². The summed E-state index contributed by atoms with van der Waals surface area (Å²) in [4.78, 5) is 2.03. The number of hydrogen-bond donors (Lipinski definition) is 1. The van der Waals surface area contributed by atoms with Crippen molar-refractivity contribution in [3.8, 4) is 0 Å². The van der Waals surface area contributed by atoms with E-state index in [4.69, 9.17) is 17.3 Å². The Balaban J connectivity index is 2.36. The number of likely N-dealkylation sites (N-methyl/N-ethyl adjacent to an activating group) is 1. The molecule has 0 aliphatic rings. The first-order chi connectivity index (χ1) is 10.1. The Kier molecular flexibility index (Phi) is 5.15. The number of nitrogens with two attached hydrogens (primary N) is 1. The maximum atomic E-state index is 13.3. The summed E-state index contributed by atoms with van der Waals surface area (Å²) in [5.41, 5.74) is 7.57. The van der Waals surface area contributed by atoms with Gasteiger partial charge in [-0.15, -0.1) is 0 Å². The smallest absolute Gasteiger partial charge is 0.141 e. The molecule has 0 spiro atoms. The van der Waals surface area contributed by atoms with E-state index in [9.17, 15) is 8.78 Å². The molecule has 0 heterocycles. The van der Waals surface area contributed by atoms with Gasteiger partial charge >= 0.3 is 0 Å². The summed E-state index contributed by atoms with van der Waals surface area (Å²) in [6.45, 7) is 3.01. The van der Waals surface area contributed by atoms with Crippen LogP contribution in [-0.2, 0) is 0 Å². The normalized spacial score (nSPS) is 12.2. The third kappa shape index (κ3) is 3.52. The van der Waals surface area contributed by atoms with Gasteiger partial charge in [-0.25, -0.2) is 8.78 Å². The molecule has 0 aliphatic heterocycles. The molecule has 0 amide bonds. The number of anilines is 1. The minimum atomic E-state index is -0.457. The van der Waals surface area contributed by atoms with Crippen molar-refractivity contribution in [3.05, 3.63) is 64.7 Å². The summed E-state index contributed by atoms with van der Waals surface area (Å²) < 4.78 is 26.4. The first kappa shape index (κ1) is 15.7. The van der Waals surface area contributed by atoms with Gasteiger partial charge in [-0.05, 0) is 48.9 Å². The van der Waals surface area contributed by atoms with Gasteiger partial charge in [0.1, 0.15) is 11.6 Å². The number of nitrogens with zero attached hydrogens (tertiary/aromatic N) is 1. The summed E-state index contributed by atoms with van der Waals surface area (Å²) in [5.74, 6) is -0.745. The Morgan fingerprint density at radius 3 is 2.33 bits per heavy atom. The van der Waals surface area contributed by atoms with Crippen LogP contribution in [0.15, 0.2) is 42.5 Å². The third-order valence-electron chi connectivity index (χ3n) is 3.43. The molecule has 21 heavy (non-hydrogen) atoms. The van der Waals surface area contributed by atoms with Gasteiger partial charge < -0.3 is 10.6 Å². The van der Waals surface area contributed by atoms with E-state index in [-0.39, 0.29) is 16.9 Å². The number of rotatable bonds is 5.